The molecule has 1 aromatic heterocycles. The van der Waals surface area contributed by atoms with E-state index in [1.54, 1.807) is 66.9 Å². The predicted octanol–water partition coefficient (Wildman–Crippen LogP) is 5.10. The number of carbonyl (C=O) groups is 1. The summed E-state index contributed by atoms with van der Waals surface area (Å²) in [5.74, 6) is 0.845. The molecule has 204 valence electrons. The standard InChI is InChI=1S/C29H26N4O6S/c1-37-25-15-21(16-26(38-2)28(25)39-3)31-29(34)20-10-6-11-23(14-20)33-18-22(17-30-33)32-40(35,36)27-13-7-9-19-8-4-5-12-24(19)27/h4-18,32H,1-3H3,(H,31,34). The maximum atomic E-state index is 13.2. The molecule has 1 heterocycles. The van der Waals surface area contributed by atoms with Crippen LogP contribution in [-0.4, -0.2) is 45.4 Å². The van der Waals surface area contributed by atoms with Gasteiger partial charge in [0.2, 0.25) is 5.75 Å². The molecule has 0 bridgehead atoms. The first kappa shape index (κ1) is 26.6. The number of amides is 1. The second kappa shape index (κ2) is 11.0. The minimum Gasteiger partial charge on any atom is -0.493 e. The number of rotatable bonds is 9. The van der Waals surface area contributed by atoms with Gasteiger partial charge in [-0.05, 0) is 29.7 Å². The Kier molecular flexibility index (Phi) is 7.30. The van der Waals surface area contributed by atoms with Gasteiger partial charge >= 0.3 is 0 Å². The molecule has 0 aliphatic heterocycles. The molecule has 5 aromatic rings. The van der Waals surface area contributed by atoms with Gasteiger partial charge in [-0.3, -0.25) is 9.52 Å². The van der Waals surface area contributed by atoms with Gasteiger partial charge in [0.15, 0.2) is 11.5 Å². The molecular weight excluding hydrogens is 532 g/mol. The molecule has 0 aliphatic rings. The Hall–Kier alpha value is -5.03. The predicted molar refractivity (Wildman–Crippen MR) is 152 cm³/mol. The maximum absolute atomic E-state index is 13.2. The Morgan fingerprint density at radius 1 is 0.825 bits per heavy atom. The summed E-state index contributed by atoms with van der Waals surface area (Å²) in [5.41, 5.74) is 1.65. The molecule has 0 saturated carbocycles. The van der Waals surface area contributed by atoms with E-state index in [9.17, 15) is 13.2 Å². The van der Waals surface area contributed by atoms with E-state index in [1.807, 2.05) is 18.2 Å². The van der Waals surface area contributed by atoms with Crippen molar-refractivity contribution in [3.63, 3.8) is 0 Å². The number of sulfonamides is 1. The van der Waals surface area contributed by atoms with E-state index in [0.29, 0.717) is 39.6 Å². The summed E-state index contributed by atoms with van der Waals surface area (Å²) in [7, 11) is 0.607. The van der Waals surface area contributed by atoms with Crippen LogP contribution < -0.4 is 24.2 Å². The molecule has 0 saturated heterocycles. The lowest BCUT2D eigenvalue weighted by atomic mass is 10.1. The molecule has 0 aliphatic carbocycles. The number of aromatic nitrogens is 2. The van der Waals surface area contributed by atoms with E-state index < -0.39 is 10.0 Å². The van der Waals surface area contributed by atoms with Gasteiger partial charge in [0.25, 0.3) is 15.9 Å². The van der Waals surface area contributed by atoms with E-state index >= 15 is 0 Å². The molecule has 10 nitrogen and oxygen atoms in total. The largest absolute Gasteiger partial charge is 0.493 e. The minimum absolute atomic E-state index is 0.170. The van der Waals surface area contributed by atoms with Gasteiger partial charge in [-0.15, -0.1) is 0 Å². The highest BCUT2D eigenvalue weighted by molar-refractivity contribution is 7.93. The minimum atomic E-state index is -3.88. The van der Waals surface area contributed by atoms with Crippen LogP contribution in [0, 0.1) is 0 Å². The van der Waals surface area contributed by atoms with Crippen molar-refractivity contribution < 1.29 is 27.4 Å². The Morgan fingerprint density at radius 3 is 2.25 bits per heavy atom. The van der Waals surface area contributed by atoms with Gasteiger partial charge in [0, 0.05) is 28.8 Å². The Bertz CT molecular complexity index is 1790. The number of benzene rings is 4. The van der Waals surface area contributed by atoms with Crippen LogP contribution in [0.3, 0.4) is 0 Å². The molecule has 5 rings (SSSR count). The van der Waals surface area contributed by atoms with E-state index in [1.165, 1.54) is 32.2 Å². The first-order valence-corrected chi connectivity index (χ1v) is 13.6. The van der Waals surface area contributed by atoms with Crippen LogP contribution in [0.1, 0.15) is 10.4 Å². The second-order valence-corrected chi connectivity index (χ2v) is 10.3. The highest BCUT2D eigenvalue weighted by Gasteiger charge is 2.19. The van der Waals surface area contributed by atoms with Gasteiger partial charge in [-0.1, -0.05) is 42.5 Å². The lowest BCUT2D eigenvalue weighted by Gasteiger charge is -2.14. The summed E-state index contributed by atoms with van der Waals surface area (Å²) in [6.07, 6.45) is 2.95. The number of fused-ring (bicyclic) bond motifs is 1. The third-order valence-electron chi connectivity index (χ3n) is 6.17. The quantitative estimate of drug-likeness (QED) is 0.258. The van der Waals surface area contributed by atoms with E-state index in [4.69, 9.17) is 14.2 Å². The average Bonchev–Trinajstić information content (AvgIpc) is 3.44. The smallest absolute Gasteiger partial charge is 0.262 e. The van der Waals surface area contributed by atoms with Crippen molar-refractivity contribution in [1.29, 1.82) is 0 Å². The van der Waals surface area contributed by atoms with Gasteiger partial charge in [0.05, 0.1) is 50.0 Å². The molecule has 0 atom stereocenters. The topological polar surface area (TPSA) is 121 Å². The molecule has 0 spiro atoms. The zero-order chi connectivity index (χ0) is 28.3. The number of ether oxygens (including phenoxy) is 3. The van der Waals surface area contributed by atoms with E-state index in [2.05, 4.69) is 15.1 Å². The molecule has 0 fully saturated rings. The molecule has 0 unspecified atom stereocenters. The zero-order valence-electron chi connectivity index (χ0n) is 21.9. The summed E-state index contributed by atoms with van der Waals surface area (Å²) in [6, 6.07) is 22.4. The fourth-order valence-electron chi connectivity index (χ4n) is 4.30. The van der Waals surface area contributed by atoms with Crippen molar-refractivity contribution in [2.75, 3.05) is 31.4 Å². The summed E-state index contributed by atoms with van der Waals surface area (Å²) in [4.78, 5) is 13.2. The Morgan fingerprint density at radius 2 is 1.52 bits per heavy atom. The lowest BCUT2D eigenvalue weighted by molar-refractivity contribution is 0.102. The molecule has 0 radical (unpaired) electrons. The van der Waals surface area contributed by atoms with Crippen molar-refractivity contribution in [1.82, 2.24) is 9.78 Å². The second-order valence-electron chi connectivity index (χ2n) is 8.67. The average molecular weight is 559 g/mol. The molecule has 2 N–H and O–H groups in total. The zero-order valence-corrected chi connectivity index (χ0v) is 22.7. The van der Waals surface area contributed by atoms with Gasteiger partial charge in [0.1, 0.15) is 0 Å². The summed E-state index contributed by atoms with van der Waals surface area (Å²) in [5, 5.41) is 8.56. The summed E-state index contributed by atoms with van der Waals surface area (Å²) >= 11 is 0. The van der Waals surface area contributed by atoms with Crippen LogP contribution in [0.25, 0.3) is 16.5 Å². The van der Waals surface area contributed by atoms with Crippen LogP contribution in [0.2, 0.25) is 0 Å². The third-order valence-corrected chi connectivity index (χ3v) is 7.61. The Labute approximate surface area is 231 Å². The van der Waals surface area contributed by atoms with Crippen LogP contribution in [-0.2, 0) is 10.0 Å². The fraction of sp³-hybridized carbons (Fsp3) is 0.103. The number of hydrogen-bond acceptors (Lipinski definition) is 7. The number of methoxy groups -OCH3 is 3. The first-order valence-electron chi connectivity index (χ1n) is 12.1. The van der Waals surface area contributed by atoms with Crippen molar-refractivity contribution >= 4 is 38.1 Å². The SMILES string of the molecule is COc1cc(NC(=O)c2cccc(-n3cc(NS(=O)(=O)c4cccc5ccccc45)cn3)c2)cc(OC)c1OC. The van der Waals surface area contributed by atoms with Gasteiger partial charge in [-0.2, -0.15) is 5.10 Å². The number of anilines is 2. The van der Waals surface area contributed by atoms with E-state index in [0.717, 1.165) is 5.39 Å². The number of nitrogens with one attached hydrogen (secondary N) is 2. The molecular formula is C29H26N4O6S. The van der Waals surface area contributed by atoms with Gasteiger partial charge in [-0.25, -0.2) is 13.1 Å². The van der Waals surface area contributed by atoms with E-state index in [-0.39, 0.29) is 16.5 Å². The number of nitrogens with zero attached hydrogens (tertiary/aromatic N) is 2. The summed E-state index contributed by atoms with van der Waals surface area (Å²) in [6.45, 7) is 0. The highest BCUT2D eigenvalue weighted by atomic mass is 32.2. The van der Waals surface area contributed by atoms with Crippen LogP contribution in [0.4, 0.5) is 11.4 Å². The number of carbonyl (C=O) groups excluding carboxylic acids is 1. The van der Waals surface area contributed by atoms with Crippen molar-refractivity contribution in [2.24, 2.45) is 0 Å². The Balaban J connectivity index is 1.36. The van der Waals surface area contributed by atoms with Crippen molar-refractivity contribution in [3.05, 3.63) is 96.8 Å². The third kappa shape index (κ3) is 5.27. The van der Waals surface area contributed by atoms with Crippen LogP contribution >= 0.6 is 0 Å². The van der Waals surface area contributed by atoms with Crippen LogP contribution in [0.15, 0.2) is 96.2 Å². The van der Waals surface area contributed by atoms with Gasteiger partial charge < -0.3 is 19.5 Å². The maximum Gasteiger partial charge on any atom is 0.262 e. The summed E-state index contributed by atoms with van der Waals surface area (Å²) < 4.78 is 46.5. The molecule has 4 aromatic carbocycles. The normalized spacial score (nSPS) is 11.2. The molecule has 1 amide bonds. The van der Waals surface area contributed by atoms with Crippen LogP contribution in [0.5, 0.6) is 17.2 Å². The van der Waals surface area contributed by atoms with Crippen molar-refractivity contribution in [3.8, 4) is 22.9 Å². The highest BCUT2D eigenvalue weighted by Crippen LogP contribution is 2.40. The van der Waals surface area contributed by atoms with Crippen molar-refractivity contribution in [2.45, 2.75) is 4.90 Å². The first-order chi connectivity index (χ1) is 19.3. The monoisotopic (exact) mass is 558 g/mol. The fourth-order valence-corrected chi connectivity index (χ4v) is 5.56. The molecule has 40 heavy (non-hydrogen) atoms. The molecule has 11 heteroatoms. The lowest BCUT2D eigenvalue weighted by Crippen LogP contribution is -2.13. The number of hydrogen-bond donors (Lipinski definition) is 2.